The fraction of sp³-hybridized carbons (Fsp3) is 0.429. The Labute approximate surface area is 557 Å². The van der Waals surface area contributed by atoms with Crippen molar-refractivity contribution >= 4 is 80.2 Å². The molecule has 26 heteroatoms. The van der Waals surface area contributed by atoms with Crippen molar-refractivity contribution in [2.45, 2.75) is 124 Å². The largest absolute Gasteiger partial charge is 0.494 e. The van der Waals surface area contributed by atoms with E-state index in [1.54, 1.807) is 50.5 Å². The van der Waals surface area contributed by atoms with E-state index in [-0.39, 0.29) is 42.0 Å². The summed E-state index contributed by atoms with van der Waals surface area (Å²) in [5.74, 6) is -1.24. The maximum absolute atomic E-state index is 14.1. The first-order valence-corrected chi connectivity index (χ1v) is 33.6. The van der Waals surface area contributed by atoms with Crippen molar-refractivity contribution in [2.75, 3.05) is 88.2 Å². The van der Waals surface area contributed by atoms with Crippen LogP contribution in [0.25, 0.3) is 33.1 Å². The highest BCUT2D eigenvalue weighted by Crippen LogP contribution is 2.34. The molecule has 9 aromatic rings. The van der Waals surface area contributed by atoms with Crippen molar-refractivity contribution in [1.29, 1.82) is 0 Å². The van der Waals surface area contributed by atoms with E-state index < -0.39 is 23.6 Å². The van der Waals surface area contributed by atoms with E-state index in [0.29, 0.717) is 107 Å². The maximum Gasteiger partial charge on any atom is 0.276 e. The van der Waals surface area contributed by atoms with Gasteiger partial charge in [-0.1, -0.05) is 37.1 Å². The highest BCUT2D eigenvalue weighted by molar-refractivity contribution is 6.06. The number of aryl methyl sites for hydroxylation is 5. The van der Waals surface area contributed by atoms with E-state index in [9.17, 15) is 24.0 Å². The third-order valence-corrected chi connectivity index (χ3v) is 18.5. The molecule has 5 amide bonds. The number of nitrogens with two attached hydrogens (primary N) is 2. The van der Waals surface area contributed by atoms with Gasteiger partial charge in [0.2, 0.25) is 23.7 Å². The molecule has 3 saturated heterocycles. The normalized spacial score (nSPS) is 15.9. The van der Waals surface area contributed by atoms with Crippen LogP contribution in [-0.2, 0) is 39.1 Å². The lowest BCUT2D eigenvalue weighted by atomic mass is 10.1. The van der Waals surface area contributed by atoms with Gasteiger partial charge in [-0.2, -0.15) is 10.2 Å². The van der Waals surface area contributed by atoms with E-state index in [4.69, 9.17) is 35.9 Å². The minimum Gasteiger partial charge on any atom is -0.494 e. The summed E-state index contributed by atoms with van der Waals surface area (Å²) in [6.45, 7) is 18.3. The van der Waals surface area contributed by atoms with Crippen molar-refractivity contribution in [3.8, 4) is 11.5 Å². The van der Waals surface area contributed by atoms with Gasteiger partial charge < -0.3 is 60.0 Å². The van der Waals surface area contributed by atoms with Gasteiger partial charge >= 0.3 is 0 Å². The number of benzene rings is 3. The van der Waals surface area contributed by atoms with Crippen LogP contribution in [-0.4, -0.2) is 172 Å². The Morgan fingerprint density at radius 3 is 1.76 bits per heavy atom. The fourth-order valence-corrected chi connectivity index (χ4v) is 13.6. The molecule has 0 radical (unpaired) electrons. The van der Waals surface area contributed by atoms with Crippen molar-refractivity contribution < 1.29 is 33.4 Å². The Morgan fingerprint density at radius 1 is 0.646 bits per heavy atom. The number of carbonyl (C=O) groups excluding carboxylic acids is 5. The highest BCUT2D eigenvalue weighted by atomic mass is 16.5. The topological polar surface area (TPSA) is 303 Å². The van der Waals surface area contributed by atoms with Crippen molar-refractivity contribution in [3.63, 3.8) is 0 Å². The first-order chi connectivity index (χ1) is 46.6. The number of allylic oxidation sites excluding steroid dienone is 2. The number of nitrogens with one attached hydrogen (secondary N) is 4. The van der Waals surface area contributed by atoms with Crippen molar-refractivity contribution in [3.05, 3.63) is 142 Å². The van der Waals surface area contributed by atoms with Gasteiger partial charge in [0.25, 0.3) is 17.7 Å². The number of methoxy groups -OCH3 is 1. The number of anilines is 3. The van der Waals surface area contributed by atoms with Crippen LogP contribution in [0.3, 0.4) is 0 Å². The number of hydrogen-bond donors (Lipinski definition) is 6. The first-order valence-electron chi connectivity index (χ1n) is 33.6. The molecule has 3 fully saturated rings. The molecule has 12 rings (SSSR count). The second-order valence-electron chi connectivity index (χ2n) is 25.2. The van der Waals surface area contributed by atoms with Crippen LogP contribution in [0.4, 0.5) is 17.6 Å². The van der Waals surface area contributed by atoms with Gasteiger partial charge in [0.15, 0.2) is 0 Å². The summed E-state index contributed by atoms with van der Waals surface area (Å²) in [4.78, 5) is 88.2. The zero-order valence-electron chi connectivity index (χ0n) is 55.5. The summed E-state index contributed by atoms with van der Waals surface area (Å²) < 4.78 is 21.3. The molecule has 6 aromatic heterocycles. The maximum atomic E-state index is 14.1. The lowest BCUT2D eigenvalue weighted by Gasteiger charge is -2.34. The molecule has 0 unspecified atom stereocenters. The summed E-state index contributed by atoms with van der Waals surface area (Å²) in [5, 5.41) is 22.7. The smallest absolute Gasteiger partial charge is 0.276 e. The number of imidazole rings is 2. The number of nitrogens with zero attached hydrogens (tertiary/aromatic N) is 13. The number of pyridine rings is 1. The van der Waals surface area contributed by atoms with Crippen LogP contribution in [0.5, 0.6) is 11.5 Å². The molecule has 3 aromatic carbocycles. The standard InChI is InChI=1S/C70H87N19O7/c1-6-88-57(35-45(3)80-88)67(93)78-69-76-55-38-49(63(71)90)40-59(95-5)61(55)86(69)27-12-13-28-87-62-56(77-70(87)79-68(94)58-36-46(4)81-89(58)7-2)39-50(64(72)91)41-60(62)96-34-14-25-83-32-30-82(31-33-83)24-10-8-9-11-26-84-29-22-48-37-51(42-74-65(48)84)66(92)73-23-21-47-15-19-54(20-16-47)85-43-52-17-18-53(44-85)75-52/h12-13,15-16,19-20,22,29,35-42,52-53,75H,6-11,14,17-18,21,23-28,30-34,43-44H2,1-5H3,(H2,71,90)(H2,72,91)(H,73,92)(H,76,78,93)(H,77,79,94)/b13-12+/t52-,53+. The average molecular weight is 1310 g/mol. The van der Waals surface area contributed by atoms with Gasteiger partial charge in [0.05, 0.1) is 41.7 Å². The monoisotopic (exact) mass is 1310 g/mol. The minimum atomic E-state index is -0.670. The van der Waals surface area contributed by atoms with Crippen LogP contribution in [0.2, 0.25) is 0 Å². The molecule has 9 heterocycles. The molecule has 3 aliphatic rings. The molecule has 0 aliphatic carbocycles. The third kappa shape index (κ3) is 15.1. The molecule has 2 bridgehead atoms. The number of primary amides is 2. The molecule has 2 atom stereocenters. The molecule has 3 aliphatic heterocycles. The van der Waals surface area contributed by atoms with E-state index in [0.717, 1.165) is 102 Å². The molecule has 26 nitrogen and oxygen atoms in total. The van der Waals surface area contributed by atoms with Crippen LogP contribution in [0.15, 0.2) is 97.3 Å². The molecule has 8 N–H and O–H groups in total. The number of amides is 5. The predicted molar refractivity (Wildman–Crippen MR) is 369 cm³/mol. The van der Waals surface area contributed by atoms with E-state index in [1.807, 2.05) is 50.5 Å². The average Bonchev–Trinajstić information content (AvgIpc) is 1.62. The van der Waals surface area contributed by atoms with Gasteiger partial charge in [-0.3, -0.25) is 44.0 Å². The Bertz CT molecular complexity index is 4330. The first kappa shape index (κ1) is 66.1. The lowest BCUT2D eigenvalue weighted by Crippen LogP contribution is -2.51. The number of piperazine rings is 2. The predicted octanol–water partition coefficient (Wildman–Crippen LogP) is 7.31. The number of carbonyl (C=O) groups is 5. The highest BCUT2D eigenvalue weighted by Gasteiger charge is 2.32. The number of aromatic nitrogens is 10. The van der Waals surface area contributed by atoms with Crippen molar-refractivity contribution in [2.24, 2.45) is 11.5 Å². The van der Waals surface area contributed by atoms with Crippen LogP contribution in [0.1, 0.15) is 128 Å². The fourth-order valence-electron chi connectivity index (χ4n) is 13.6. The summed E-state index contributed by atoms with van der Waals surface area (Å²) in [5.41, 5.74) is 19.8. The zero-order valence-corrected chi connectivity index (χ0v) is 55.5. The Morgan fingerprint density at radius 2 is 1.20 bits per heavy atom. The number of unbranched alkanes of at least 4 members (excludes halogenated alkanes) is 3. The summed E-state index contributed by atoms with van der Waals surface area (Å²) >= 11 is 0. The van der Waals surface area contributed by atoms with Crippen LogP contribution < -0.4 is 47.1 Å². The second kappa shape index (κ2) is 29.8. The van der Waals surface area contributed by atoms with Gasteiger partial charge in [-0.25, -0.2) is 15.0 Å². The van der Waals surface area contributed by atoms with E-state index >= 15 is 0 Å². The molecule has 504 valence electrons. The summed E-state index contributed by atoms with van der Waals surface area (Å²) in [6.07, 6.45) is 16.0. The summed E-state index contributed by atoms with van der Waals surface area (Å²) in [7, 11) is 1.47. The van der Waals surface area contributed by atoms with Gasteiger partial charge in [0.1, 0.15) is 39.6 Å². The number of rotatable bonds is 30. The Kier molecular flexibility index (Phi) is 20.5. The van der Waals surface area contributed by atoms with Gasteiger partial charge in [0, 0.05) is 132 Å². The van der Waals surface area contributed by atoms with Crippen molar-refractivity contribution in [1.82, 2.24) is 68.6 Å². The van der Waals surface area contributed by atoms with Gasteiger partial charge in [-0.05, 0) is 139 Å². The van der Waals surface area contributed by atoms with Crippen LogP contribution >= 0.6 is 0 Å². The Hall–Kier alpha value is -9.92. The van der Waals surface area contributed by atoms with E-state index in [2.05, 4.69) is 87.3 Å². The summed E-state index contributed by atoms with van der Waals surface area (Å²) in [6, 6.07) is 23.7. The molecule has 0 saturated carbocycles. The second-order valence-corrected chi connectivity index (χ2v) is 25.2. The molecular weight excluding hydrogens is 1220 g/mol. The zero-order chi connectivity index (χ0) is 67.0. The number of hydrogen-bond acceptors (Lipinski definition) is 16. The molecule has 0 spiro atoms. The molecule has 96 heavy (non-hydrogen) atoms. The minimum absolute atomic E-state index is 0.105. The quantitative estimate of drug-likeness (QED) is 0.0190. The SMILES string of the molecule is CCn1nc(C)cc1C(=O)Nc1nc2cc(C(N)=O)cc(OC)c2n1C/C=C/Cn1c(NC(=O)c2cc(C)nn2CC)nc2cc(C(N)=O)cc(OCCCN3CCN(CCCCCCn4ccc5cc(C(=O)NCCc6ccc(N7C[C@H]8CC[C@@H](C7)N8)cc6)cnc54)CC3)c21. The number of ether oxygens (including phenoxy) is 2. The number of fused-ring (bicyclic) bond motifs is 5. The van der Waals surface area contributed by atoms with Crippen LogP contribution in [0, 0.1) is 13.8 Å². The van der Waals surface area contributed by atoms with Gasteiger partial charge in [-0.15, -0.1) is 0 Å². The molecular formula is C70H87N19O7. The third-order valence-electron chi connectivity index (χ3n) is 18.5. The Balaban J connectivity index is 0.631. The lowest BCUT2D eigenvalue weighted by molar-refractivity contribution is 0.0950. The van der Waals surface area contributed by atoms with E-state index in [1.165, 1.54) is 37.3 Å².